The van der Waals surface area contributed by atoms with E-state index in [0.717, 1.165) is 31.7 Å². The van der Waals surface area contributed by atoms with Crippen molar-refractivity contribution in [3.05, 3.63) is 17.5 Å². The number of H-pyrrole nitrogens is 1. The van der Waals surface area contributed by atoms with Crippen LogP contribution in [0.1, 0.15) is 101 Å². The molecule has 0 unspecified atom stereocenters. The summed E-state index contributed by atoms with van der Waals surface area (Å²) in [6.45, 7) is 6.97. The Morgan fingerprint density at radius 2 is 1.68 bits per heavy atom. The molecule has 174 valence electrons. The second-order valence-corrected chi connectivity index (χ2v) is 10.9. The molecule has 31 heavy (non-hydrogen) atoms. The molecular formula is C26H44N4O. The van der Waals surface area contributed by atoms with E-state index in [4.69, 9.17) is 4.74 Å². The summed E-state index contributed by atoms with van der Waals surface area (Å²) in [6, 6.07) is 0.896. The molecule has 5 rings (SSSR count). The largest absolute Gasteiger partial charge is 0.377 e. The summed E-state index contributed by atoms with van der Waals surface area (Å²) in [5.74, 6) is 1.54. The Hall–Kier alpha value is -0.910. The van der Waals surface area contributed by atoms with Crippen LogP contribution in [0.15, 0.2) is 6.20 Å². The first kappa shape index (κ1) is 21.9. The van der Waals surface area contributed by atoms with Crippen molar-refractivity contribution in [2.45, 2.75) is 108 Å². The van der Waals surface area contributed by atoms with Crippen LogP contribution in [0.25, 0.3) is 0 Å². The van der Waals surface area contributed by atoms with Crippen molar-refractivity contribution in [1.29, 1.82) is 0 Å². The second-order valence-electron chi connectivity index (χ2n) is 10.9. The summed E-state index contributed by atoms with van der Waals surface area (Å²) in [4.78, 5) is 5.54. The lowest BCUT2D eigenvalue weighted by Gasteiger charge is -2.38. The Morgan fingerprint density at radius 1 is 0.903 bits per heavy atom. The van der Waals surface area contributed by atoms with Gasteiger partial charge in [0.15, 0.2) is 0 Å². The highest BCUT2D eigenvalue weighted by Crippen LogP contribution is 2.34. The van der Waals surface area contributed by atoms with Crippen molar-refractivity contribution >= 4 is 0 Å². The van der Waals surface area contributed by atoms with Crippen LogP contribution in [0, 0.1) is 5.92 Å². The second kappa shape index (κ2) is 10.8. The zero-order valence-electron chi connectivity index (χ0n) is 19.6. The molecule has 0 radical (unpaired) electrons. The molecule has 1 N–H and O–H groups in total. The highest BCUT2D eigenvalue weighted by Gasteiger charge is 2.29. The van der Waals surface area contributed by atoms with Crippen molar-refractivity contribution in [3.8, 4) is 0 Å². The van der Waals surface area contributed by atoms with Crippen molar-refractivity contribution < 1.29 is 4.74 Å². The van der Waals surface area contributed by atoms with Gasteiger partial charge in [0, 0.05) is 49.5 Å². The van der Waals surface area contributed by atoms with Gasteiger partial charge in [-0.1, -0.05) is 32.1 Å². The van der Waals surface area contributed by atoms with E-state index < -0.39 is 0 Å². The molecular weight excluding hydrogens is 384 g/mol. The minimum Gasteiger partial charge on any atom is -0.377 e. The predicted octanol–water partition coefficient (Wildman–Crippen LogP) is 5.09. The predicted molar refractivity (Wildman–Crippen MR) is 125 cm³/mol. The lowest BCUT2D eigenvalue weighted by atomic mass is 9.85. The zero-order chi connectivity index (χ0) is 20.9. The smallest absolute Gasteiger partial charge is 0.0702 e. The molecule has 1 aromatic heterocycles. The Morgan fingerprint density at radius 3 is 2.42 bits per heavy atom. The molecule has 2 aliphatic carbocycles. The zero-order valence-corrected chi connectivity index (χ0v) is 19.6. The van der Waals surface area contributed by atoms with Crippen LogP contribution in [0.2, 0.25) is 0 Å². The van der Waals surface area contributed by atoms with Crippen LogP contribution in [-0.2, 0) is 11.3 Å². The monoisotopic (exact) mass is 428 g/mol. The van der Waals surface area contributed by atoms with E-state index in [-0.39, 0.29) is 0 Å². The van der Waals surface area contributed by atoms with E-state index in [9.17, 15) is 0 Å². The van der Waals surface area contributed by atoms with Gasteiger partial charge in [-0.05, 0) is 70.4 Å². The summed E-state index contributed by atoms with van der Waals surface area (Å²) in [5, 5.41) is 7.89. The summed E-state index contributed by atoms with van der Waals surface area (Å²) in [7, 11) is 0. The lowest BCUT2D eigenvalue weighted by molar-refractivity contribution is 0.0538. The number of hydrogen-bond donors (Lipinski definition) is 1. The molecule has 4 fully saturated rings. The maximum absolute atomic E-state index is 6.05. The summed E-state index contributed by atoms with van der Waals surface area (Å²) < 4.78 is 6.05. The standard InChI is InChI=1S/C26H44N4O/c1-2-7-22(8-3-1)26-23(17-27-28-26)19-29(20-25-11-6-16-31-25)18-21-12-14-30(15-13-21)24-9-4-5-10-24/h17,21-22,24-25H,1-16,18-20H2,(H,27,28)/t25-/m1/s1. The highest BCUT2D eigenvalue weighted by molar-refractivity contribution is 5.21. The molecule has 4 aliphatic rings. The Balaban J connectivity index is 1.20. The van der Waals surface area contributed by atoms with Crippen LogP contribution in [-0.4, -0.2) is 64.9 Å². The van der Waals surface area contributed by atoms with Crippen LogP contribution in [0.5, 0.6) is 0 Å². The van der Waals surface area contributed by atoms with E-state index in [0.29, 0.717) is 12.0 Å². The SMILES string of the molecule is c1n[nH]c(C2CCCCC2)c1CN(CC1CCN(C2CCCC2)CC1)C[C@H]1CCCO1. The van der Waals surface area contributed by atoms with Gasteiger partial charge in [0.1, 0.15) is 0 Å². The summed E-state index contributed by atoms with van der Waals surface area (Å²) in [5.41, 5.74) is 2.89. The van der Waals surface area contributed by atoms with Gasteiger partial charge in [-0.3, -0.25) is 10.00 Å². The molecule has 0 spiro atoms. The molecule has 1 aromatic rings. The van der Waals surface area contributed by atoms with Crippen LogP contribution in [0.4, 0.5) is 0 Å². The van der Waals surface area contributed by atoms with Gasteiger partial charge >= 0.3 is 0 Å². The number of piperidine rings is 1. The van der Waals surface area contributed by atoms with E-state index in [1.54, 1.807) is 0 Å². The highest BCUT2D eigenvalue weighted by atomic mass is 16.5. The number of nitrogens with zero attached hydrogens (tertiary/aromatic N) is 3. The Labute approximate surface area is 189 Å². The molecule has 0 bridgehead atoms. The third kappa shape index (κ3) is 5.72. The molecule has 2 saturated heterocycles. The fourth-order valence-corrected chi connectivity index (χ4v) is 6.85. The van der Waals surface area contributed by atoms with Crippen LogP contribution < -0.4 is 0 Å². The molecule has 2 aliphatic heterocycles. The Kier molecular flexibility index (Phi) is 7.64. The first-order valence-corrected chi connectivity index (χ1v) is 13.5. The average Bonchev–Trinajstić information content (AvgIpc) is 3.58. The number of aromatic nitrogens is 2. The van der Waals surface area contributed by atoms with E-state index >= 15 is 0 Å². The van der Waals surface area contributed by atoms with Crippen LogP contribution >= 0.6 is 0 Å². The van der Waals surface area contributed by atoms with Gasteiger partial charge < -0.3 is 9.64 Å². The number of ether oxygens (including phenoxy) is 1. The van der Waals surface area contributed by atoms with Crippen molar-refractivity contribution in [2.24, 2.45) is 5.92 Å². The third-order valence-electron chi connectivity index (χ3n) is 8.65. The molecule has 3 heterocycles. The van der Waals surface area contributed by atoms with Gasteiger partial charge in [0.05, 0.1) is 12.3 Å². The van der Waals surface area contributed by atoms with Crippen molar-refractivity contribution in [3.63, 3.8) is 0 Å². The number of hydrogen-bond acceptors (Lipinski definition) is 4. The first-order chi connectivity index (χ1) is 15.3. The number of aromatic amines is 1. The maximum atomic E-state index is 6.05. The minimum atomic E-state index is 0.434. The number of nitrogens with one attached hydrogen (secondary N) is 1. The van der Waals surface area contributed by atoms with Crippen molar-refractivity contribution in [1.82, 2.24) is 20.0 Å². The van der Waals surface area contributed by atoms with Gasteiger partial charge in [-0.2, -0.15) is 5.10 Å². The van der Waals surface area contributed by atoms with Crippen LogP contribution in [0.3, 0.4) is 0 Å². The van der Waals surface area contributed by atoms with Gasteiger partial charge in [-0.15, -0.1) is 0 Å². The quantitative estimate of drug-likeness (QED) is 0.626. The fourth-order valence-electron chi connectivity index (χ4n) is 6.85. The minimum absolute atomic E-state index is 0.434. The third-order valence-corrected chi connectivity index (χ3v) is 8.65. The summed E-state index contributed by atoms with van der Waals surface area (Å²) in [6.07, 6.45) is 20.4. The van der Waals surface area contributed by atoms with E-state index in [1.165, 1.54) is 114 Å². The van der Waals surface area contributed by atoms with Crippen molar-refractivity contribution in [2.75, 3.05) is 32.8 Å². The summed E-state index contributed by atoms with van der Waals surface area (Å²) >= 11 is 0. The normalized spacial score (nSPS) is 27.6. The fraction of sp³-hybridized carbons (Fsp3) is 0.885. The van der Waals surface area contributed by atoms with Gasteiger partial charge in [0.25, 0.3) is 0 Å². The van der Waals surface area contributed by atoms with Gasteiger partial charge in [0.2, 0.25) is 0 Å². The lowest BCUT2D eigenvalue weighted by Crippen LogP contribution is -2.43. The Bertz CT molecular complexity index is 650. The molecule has 0 amide bonds. The molecule has 5 nitrogen and oxygen atoms in total. The van der Waals surface area contributed by atoms with E-state index in [1.807, 2.05) is 0 Å². The maximum Gasteiger partial charge on any atom is 0.0702 e. The van der Waals surface area contributed by atoms with E-state index in [2.05, 4.69) is 26.2 Å². The molecule has 5 heteroatoms. The average molecular weight is 429 g/mol. The topological polar surface area (TPSA) is 44.4 Å². The van der Waals surface area contributed by atoms with Gasteiger partial charge in [-0.25, -0.2) is 0 Å². The first-order valence-electron chi connectivity index (χ1n) is 13.5. The molecule has 0 aromatic carbocycles. The molecule has 1 atom stereocenters. The number of likely N-dealkylation sites (tertiary alicyclic amines) is 1. The molecule has 2 saturated carbocycles. The number of rotatable bonds is 8.